The Morgan fingerprint density at radius 2 is 2.06 bits per heavy atom. The third-order valence-electron chi connectivity index (χ3n) is 5.84. The van der Waals surface area contributed by atoms with E-state index in [9.17, 15) is 9.59 Å². The molecule has 2 aliphatic rings. The second kappa shape index (κ2) is 12.6. The highest BCUT2D eigenvalue weighted by Gasteiger charge is 2.32. The van der Waals surface area contributed by atoms with Crippen molar-refractivity contribution in [2.45, 2.75) is 19.8 Å². The van der Waals surface area contributed by atoms with E-state index in [2.05, 4.69) is 15.2 Å². The van der Waals surface area contributed by atoms with E-state index < -0.39 is 0 Å². The zero-order valence-corrected chi connectivity index (χ0v) is 21.5. The van der Waals surface area contributed by atoms with Crippen molar-refractivity contribution in [1.82, 2.24) is 19.2 Å². The Morgan fingerprint density at radius 1 is 1.23 bits per heavy atom. The van der Waals surface area contributed by atoms with Gasteiger partial charge in [0.15, 0.2) is 0 Å². The van der Waals surface area contributed by atoms with Gasteiger partial charge >= 0.3 is 0 Å². The molecule has 1 N–H and O–H groups in total. The second-order valence-electron chi connectivity index (χ2n) is 8.23. The minimum Gasteiger partial charge on any atom is -0.382 e. The summed E-state index contributed by atoms with van der Waals surface area (Å²) in [7, 11) is 0. The molecule has 0 atom stereocenters. The Bertz CT molecular complexity index is 1150. The standard InChI is InChI=1S/C24H31N5O4S2/c1-2-32-14-6-11-29-23(31)19(35-24(29)34)17-18-21(25-8-5-9-27-12-15-33-16-13-27)26-20-7-3-4-10-28(20)22(18)30/h3-4,7,10,17,25H,2,5-6,8-9,11-16H2,1H3. The minimum atomic E-state index is -0.229. The summed E-state index contributed by atoms with van der Waals surface area (Å²) in [5.41, 5.74) is 0.677. The van der Waals surface area contributed by atoms with Crippen LogP contribution in [0, 0.1) is 0 Å². The molecule has 11 heteroatoms. The maximum Gasteiger partial charge on any atom is 0.267 e. The first kappa shape index (κ1) is 25.8. The van der Waals surface area contributed by atoms with Gasteiger partial charge in [-0.15, -0.1) is 0 Å². The van der Waals surface area contributed by atoms with Crippen LogP contribution in [-0.4, -0.2) is 88.6 Å². The molecule has 2 aliphatic heterocycles. The first-order chi connectivity index (χ1) is 17.1. The summed E-state index contributed by atoms with van der Waals surface area (Å²) in [5.74, 6) is 0.289. The van der Waals surface area contributed by atoms with Crippen molar-refractivity contribution in [2.24, 2.45) is 0 Å². The fourth-order valence-corrected chi connectivity index (χ4v) is 5.29. The highest BCUT2D eigenvalue weighted by Crippen LogP contribution is 2.33. The summed E-state index contributed by atoms with van der Waals surface area (Å²) in [5, 5.41) is 3.33. The quantitative estimate of drug-likeness (QED) is 0.274. The van der Waals surface area contributed by atoms with Gasteiger partial charge in [0.1, 0.15) is 15.8 Å². The molecule has 2 aromatic heterocycles. The first-order valence-corrected chi connectivity index (χ1v) is 13.2. The lowest BCUT2D eigenvalue weighted by Gasteiger charge is -2.26. The monoisotopic (exact) mass is 517 g/mol. The number of aromatic nitrogens is 2. The van der Waals surface area contributed by atoms with Crippen LogP contribution in [0.25, 0.3) is 11.7 Å². The predicted octanol–water partition coefficient (Wildman–Crippen LogP) is 2.46. The zero-order valence-electron chi connectivity index (χ0n) is 19.9. The predicted molar refractivity (Wildman–Crippen MR) is 143 cm³/mol. The number of hydrogen-bond donors (Lipinski definition) is 1. The number of thiocarbonyl (C=S) groups is 1. The molecule has 0 unspecified atom stereocenters. The molecule has 188 valence electrons. The van der Waals surface area contributed by atoms with E-state index in [0.717, 1.165) is 39.3 Å². The van der Waals surface area contributed by atoms with Crippen molar-refractivity contribution in [3.05, 3.63) is 45.2 Å². The normalized spacial score (nSPS) is 18.2. The molecule has 35 heavy (non-hydrogen) atoms. The number of carbonyl (C=O) groups excluding carboxylic acids is 1. The van der Waals surface area contributed by atoms with Gasteiger partial charge in [-0.1, -0.05) is 30.0 Å². The summed E-state index contributed by atoms with van der Waals surface area (Å²) in [4.78, 5) is 35.5. The number of nitrogens with one attached hydrogen (secondary N) is 1. The first-order valence-electron chi connectivity index (χ1n) is 12.0. The Kier molecular flexibility index (Phi) is 9.27. The summed E-state index contributed by atoms with van der Waals surface area (Å²) in [6, 6.07) is 5.42. The van der Waals surface area contributed by atoms with Crippen LogP contribution in [0.4, 0.5) is 5.82 Å². The van der Waals surface area contributed by atoms with E-state index in [0.29, 0.717) is 59.0 Å². The van der Waals surface area contributed by atoms with Gasteiger partial charge in [0.25, 0.3) is 11.5 Å². The number of pyridine rings is 1. The smallest absolute Gasteiger partial charge is 0.267 e. The summed E-state index contributed by atoms with van der Waals surface area (Å²) >= 11 is 6.65. The van der Waals surface area contributed by atoms with Crippen LogP contribution in [0.3, 0.4) is 0 Å². The average Bonchev–Trinajstić information content (AvgIpc) is 3.14. The van der Waals surface area contributed by atoms with Gasteiger partial charge in [-0.25, -0.2) is 4.98 Å². The molecule has 2 aromatic rings. The number of morpholine rings is 1. The van der Waals surface area contributed by atoms with E-state index in [-0.39, 0.29) is 11.5 Å². The highest BCUT2D eigenvalue weighted by molar-refractivity contribution is 8.26. The summed E-state index contributed by atoms with van der Waals surface area (Å²) < 4.78 is 12.8. The topological polar surface area (TPSA) is 88.4 Å². The lowest BCUT2D eigenvalue weighted by atomic mass is 10.2. The molecule has 2 fully saturated rings. The molecular formula is C24H31N5O4S2. The van der Waals surface area contributed by atoms with Crippen LogP contribution < -0.4 is 10.9 Å². The van der Waals surface area contributed by atoms with E-state index in [1.807, 2.05) is 13.0 Å². The Hall–Kier alpha value is -2.31. The molecule has 0 spiro atoms. The molecule has 2 saturated heterocycles. The van der Waals surface area contributed by atoms with Crippen molar-refractivity contribution in [2.75, 3.05) is 64.5 Å². The van der Waals surface area contributed by atoms with Crippen LogP contribution in [0.5, 0.6) is 0 Å². The molecule has 0 saturated carbocycles. The van der Waals surface area contributed by atoms with Crippen molar-refractivity contribution in [1.29, 1.82) is 0 Å². The van der Waals surface area contributed by atoms with Gasteiger partial charge in [-0.2, -0.15) is 0 Å². The molecule has 0 aliphatic carbocycles. The maximum atomic E-state index is 13.4. The van der Waals surface area contributed by atoms with Crippen LogP contribution >= 0.6 is 24.0 Å². The van der Waals surface area contributed by atoms with Gasteiger partial charge in [0.2, 0.25) is 0 Å². The van der Waals surface area contributed by atoms with Gasteiger partial charge in [0.05, 0.1) is 23.7 Å². The van der Waals surface area contributed by atoms with Gasteiger partial charge in [0, 0.05) is 45.6 Å². The third-order valence-corrected chi connectivity index (χ3v) is 7.22. The zero-order chi connectivity index (χ0) is 24.6. The second-order valence-corrected chi connectivity index (χ2v) is 9.90. The van der Waals surface area contributed by atoms with Crippen molar-refractivity contribution >= 4 is 51.7 Å². The van der Waals surface area contributed by atoms with Gasteiger partial charge < -0.3 is 14.8 Å². The summed E-state index contributed by atoms with van der Waals surface area (Å²) in [6.07, 6.45) is 4.91. The Morgan fingerprint density at radius 3 is 2.86 bits per heavy atom. The molecule has 0 radical (unpaired) electrons. The highest BCUT2D eigenvalue weighted by atomic mass is 32.2. The van der Waals surface area contributed by atoms with Crippen molar-refractivity contribution in [3.63, 3.8) is 0 Å². The molecule has 1 amide bonds. The van der Waals surface area contributed by atoms with Crippen LogP contribution in [0.15, 0.2) is 34.1 Å². The lowest BCUT2D eigenvalue weighted by Crippen LogP contribution is -2.37. The fourth-order valence-electron chi connectivity index (χ4n) is 3.99. The number of anilines is 1. The number of fused-ring (bicyclic) bond motifs is 1. The lowest BCUT2D eigenvalue weighted by molar-refractivity contribution is -0.122. The van der Waals surface area contributed by atoms with Gasteiger partial charge in [-0.05, 0) is 44.5 Å². The number of rotatable bonds is 11. The molecule has 0 bridgehead atoms. The van der Waals surface area contributed by atoms with E-state index in [1.165, 1.54) is 16.2 Å². The molecule has 9 nitrogen and oxygen atoms in total. The van der Waals surface area contributed by atoms with E-state index >= 15 is 0 Å². The van der Waals surface area contributed by atoms with Crippen LogP contribution in [0.2, 0.25) is 0 Å². The molecule has 4 rings (SSSR count). The fraction of sp³-hybridized carbons (Fsp3) is 0.500. The number of thioether (sulfide) groups is 1. The number of nitrogens with zero attached hydrogens (tertiary/aromatic N) is 4. The Balaban J connectivity index is 1.53. The molecular weight excluding hydrogens is 486 g/mol. The largest absolute Gasteiger partial charge is 0.382 e. The van der Waals surface area contributed by atoms with Crippen LogP contribution in [0.1, 0.15) is 25.3 Å². The number of ether oxygens (including phenoxy) is 2. The minimum absolute atomic E-state index is 0.188. The Labute approximate surface area is 214 Å². The number of carbonyl (C=O) groups is 1. The van der Waals surface area contributed by atoms with E-state index in [4.69, 9.17) is 21.7 Å². The van der Waals surface area contributed by atoms with Crippen molar-refractivity contribution < 1.29 is 14.3 Å². The summed E-state index contributed by atoms with van der Waals surface area (Å²) in [6.45, 7) is 8.65. The maximum absolute atomic E-state index is 13.4. The third kappa shape index (κ3) is 6.47. The van der Waals surface area contributed by atoms with Crippen molar-refractivity contribution in [3.8, 4) is 0 Å². The molecule has 4 heterocycles. The SMILES string of the molecule is CCOCCCN1C(=O)C(=Cc2c(NCCCN3CCOCC3)nc3ccccn3c2=O)SC1=S. The van der Waals surface area contributed by atoms with E-state index in [1.54, 1.807) is 29.3 Å². The molecule has 0 aromatic carbocycles. The number of amides is 1. The number of hydrogen-bond acceptors (Lipinski definition) is 9. The average molecular weight is 518 g/mol. The van der Waals surface area contributed by atoms with Gasteiger partial charge in [-0.3, -0.25) is 23.8 Å². The van der Waals surface area contributed by atoms with Crippen LogP contribution in [-0.2, 0) is 14.3 Å².